The van der Waals surface area contributed by atoms with Gasteiger partial charge in [-0.15, -0.1) is 0 Å². The molecule has 0 radical (unpaired) electrons. The molecule has 3 heteroatoms. The SMILES string of the molecule is CCC(CC)n1nc(C)cc1N. The van der Waals surface area contributed by atoms with Crippen molar-refractivity contribution < 1.29 is 0 Å². The molecule has 0 atom stereocenters. The van der Waals surface area contributed by atoms with Crippen LogP contribution in [0.15, 0.2) is 6.07 Å². The number of aromatic nitrogens is 2. The highest BCUT2D eigenvalue weighted by Crippen LogP contribution is 2.19. The van der Waals surface area contributed by atoms with Crippen LogP contribution in [-0.4, -0.2) is 9.78 Å². The molecule has 0 saturated carbocycles. The number of nitrogens with two attached hydrogens (primary N) is 1. The van der Waals surface area contributed by atoms with E-state index in [0.29, 0.717) is 6.04 Å². The molecule has 0 aliphatic carbocycles. The van der Waals surface area contributed by atoms with Crippen molar-refractivity contribution >= 4 is 5.82 Å². The minimum atomic E-state index is 0.457. The van der Waals surface area contributed by atoms with Crippen molar-refractivity contribution in [2.75, 3.05) is 5.73 Å². The van der Waals surface area contributed by atoms with Gasteiger partial charge in [-0.25, -0.2) is 4.68 Å². The molecule has 0 bridgehead atoms. The van der Waals surface area contributed by atoms with E-state index in [4.69, 9.17) is 5.73 Å². The van der Waals surface area contributed by atoms with Crippen LogP contribution in [0.25, 0.3) is 0 Å². The molecule has 0 saturated heterocycles. The highest BCUT2D eigenvalue weighted by atomic mass is 15.3. The van der Waals surface area contributed by atoms with Crippen LogP contribution < -0.4 is 5.73 Å². The Labute approximate surface area is 73.6 Å². The van der Waals surface area contributed by atoms with Gasteiger partial charge in [0.05, 0.1) is 11.7 Å². The molecule has 0 aromatic carbocycles. The number of nitrogen functional groups attached to an aromatic ring is 1. The van der Waals surface area contributed by atoms with Crippen molar-refractivity contribution in [3.63, 3.8) is 0 Å². The number of nitrogens with zero attached hydrogens (tertiary/aromatic N) is 2. The largest absolute Gasteiger partial charge is 0.384 e. The Bertz CT molecular complexity index is 248. The van der Waals surface area contributed by atoms with Gasteiger partial charge in [-0.05, 0) is 19.8 Å². The van der Waals surface area contributed by atoms with Crippen LogP contribution in [0.4, 0.5) is 5.82 Å². The highest BCUT2D eigenvalue weighted by molar-refractivity contribution is 5.30. The van der Waals surface area contributed by atoms with E-state index in [1.807, 2.05) is 17.7 Å². The molecule has 0 aliphatic heterocycles. The zero-order chi connectivity index (χ0) is 9.14. The Hall–Kier alpha value is -0.990. The lowest BCUT2D eigenvalue weighted by molar-refractivity contribution is 0.432. The van der Waals surface area contributed by atoms with E-state index in [-0.39, 0.29) is 0 Å². The summed E-state index contributed by atoms with van der Waals surface area (Å²) in [5.41, 5.74) is 6.79. The summed E-state index contributed by atoms with van der Waals surface area (Å²) in [7, 11) is 0. The Kier molecular flexibility index (Phi) is 2.74. The minimum absolute atomic E-state index is 0.457. The van der Waals surface area contributed by atoms with Gasteiger partial charge in [0.15, 0.2) is 0 Å². The fourth-order valence-corrected chi connectivity index (χ4v) is 1.46. The van der Waals surface area contributed by atoms with E-state index in [9.17, 15) is 0 Å². The lowest BCUT2D eigenvalue weighted by Gasteiger charge is -2.14. The zero-order valence-electron chi connectivity index (χ0n) is 8.04. The molecule has 1 heterocycles. The quantitative estimate of drug-likeness (QED) is 0.749. The van der Waals surface area contributed by atoms with E-state index in [1.165, 1.54) is 0 Å². The average Bonchev–Trinajstić information content (AvgIpc) is 2.34. The van der Waals surface area contributed by atoms with Gasteiger partial charge in [0.25, 0.3) is 0 Å². The number of hydrogen-bond acceptors (Lipinski definition) is 2. The Balaban J connectivity index is 2.91. The molecule has 68 valence electrons. The molecular formula is C9H17N3. The number of anilines is 1. The van der Waals surface area contributed by atoms with Crippen LogP contribution in [0.5, 0.6) is 0 Å². The summed E-state index contributed by atoms with van der Waals surface area (Å²) >= 11 is 0. The van der Waals surface area contributed by atoms with Gasteiger partial charge in [-0.1, -0.05) is 13.8 Å². The molecule has 12 heavy (non-hydrogen) atoms. The summed E-state index contributed by atoms with van der Waals surface area (Å²) in [5.74, 6) is 0.779. The molecule has 0 fully saturated rings. The minimum Gasteiger partial charge on any atom is -0.384 e. The predicted molar refractivity (Wildman–Crippen MR) is 51.0 cm³/mol. The number of rotatable bonds is 3. The summed E-state index contributed by atoms with van der Waals surface area (Å²) in [5, 5.41) is 4.34. The second kappa shape index (κ2) is 3.61. The van der Waals surface area contributed by atoms with Gasteiger partial charge in [0.2, 0.25) is 0 Å². The first-order chi connectivity index (χ1) is 5.69. The van der Waals surface area contributed by atoms with Crippen LogP contribution in [0, 0.1) is 6.92 Å². The van der Waals surface area contributed by atoms with Crippen molar-refractivity contribution in [3.8, 4) is 0 Å². The van der Waals surface area contributed by atoms with Crippen molar-refractivity contribution in [2.24, 2.45) is 0 Å². The third-order valence-corrected chi connectivity index (χ3v) is 2.18. The highest BCUT2D eigenvalue weighted by Gasteiger charge is 2.10. The number of aryl methyl sites for hydroxylation is 1. The molecule has 1 aromatic heterocycles. The van der Waals surface area contributed by atoms with E-state index in [1.54, 1.807) is 0 Å². The molecule has 0 aliphatic rings. The molecule has 2 N–H and O–H groups in total. The van der Waals surface area contributed by atoms with Crippen LogP contribution in [0.1, 0.15) is 38.4 Å². The number of hydrogen-bond donors (Lipinski definition) is 1. The maximum atomic E-state index is 5.79. The van der Waals surface area contributed by atoms with Gasteiger partial charge in [0, 0.05) is 6.07 Å². The molecule has 0 spiro atoms. The first-order valence-corrected chi connectivity index (χ1v) is 4.50. The van der Waals surface area contributed by atoms with Crippen LogP contribution in [0.3, 0.4) is 0 Å². The lowest BCUT2D eigenvalue weighted by atomic mass is 10.2. The van der Waals surface area contributed by atoms with Gasteiger partial charge in [-0.3, -0.25) is 0 Å². The third kappa shape index (κ3) is 1.60. The molecule has 0 amide bonds. The molecule has 3 nitrogen and oxygen atoms in total. The zero-order valence-corrected chi connectivity index (χ0v) is 8.04. The summed E-state index contributed by atoms with van der Waals surface area (Å²) < 4.78 is 1.93. The maximum absolute atomic E-state index is 5.79. The summed E-state index contributed by atoms with van der Waals surface area (Å²) in [6, 6.07) is 2.37. The molecule has 1 aromatic rings. The van der Waals surface area contributed by atoms with E-state index >= 15 is 0 Å². The van der Waals surface area contributed by atoms with E-state index in [0.717, 1.165) is 24.4 Å². The van der Waals surface area contributed by atoms with Crippen LogP contribution in [0.2, 0.25) is 0 Å². The van der Waals surface area contributed by atoms with Crippen LogP contribution >= 0.6 is 0 Å². The van der Waals surface area contributed by atoms with Gasteiger partial charge >= 0.3 is 0 Å². The predicted octanol–water partition coefficient (Wildman–Crippen LogP) is 2.13. The second-order valence-electron chi connectivity index (χ2n) is 3.13. The van der Waals surface area contributed by atoms with Crippen molar-refractivity contribution in [1.82, 2.24) is 9.78 Å². The Morgan fingerprint density at radius 3 is 2.42 bits per heavy atom. The topological polar surface area (TPSA) is 43.8 Å². The maximum Gasteiger partial charge on any atom is 0.122 e. The Morgan fingerprint density at radius 2 is 2.08 bits per heavy atom. The molecule has 1 rings (SSSR count). The van der Waals surface area contributed by atoms with Gasteiger partial charge in [0.1, 0.15) is 5.82 Å². The van der Waals surface area contributed by atoms with Gasteiger partial charge in [-0.2, -0.15) is 5.10 Å². The van der Waals surface area contributed by atoms with E-state index < -0.39 is 0 Å². The lowest BCUT2D eigenvalue weighted by Crippen LogP contribution is -2.11. The van der Waals surface area contributed by atoms with Crippen molar-refractivity contribution in [2.45, 2.75) is 39.7 Å². The summed E-state index contributed by atoms with van der Waals surface area (Å²) in [6.45, 7) is 6.28. The molecule has 0 unspecified atom stereocenters. The smallest absolute Gasteiger partial charge is 0.122 e. The average molecular weight is 167 g/mol. The summed E-state index contributed by atoms with van der Waals surface area (Å²) in [6.07, 6.45) is 2.17. The fraction of sp³-hybridized carbons (Fsp3) is 0.667. The van der Waals surface area contributed by atoms with Crippen LogP contribution in [-0.2, 0) is 0 Å². The normalized spacial score (nSPS) is 11.0. The second-order valence-corrected chi connectivity index (χ2v) is 3.13. The fourth-order valence-electron chi connectivity index (χ4n) is 1.46. The standard InChI is InChI=1S/C9H17N3/c1-4-8(5-2)12-9(10)6-7(3)11-12/h6,8H,4-5,10H2,1-3H3. The van der Waals surface area contributed by atoms with Gasteiger partial charge < -0.3 is 5.73 Å². The first-order valence-electron chi connectivity index (χ1n) is 4.50. The monoisotopic (exact) mass is 167 g/mol. The van der Waals surface area contributed by atoms with Crippen molar-refractivity contribution in [1.29, 1.82) is 0 Å². The third-order valence-electron chi connectivity index (χ3n) is 2.18. The summed E-state index contributed by atoms with van der Waals surface area (Å²) in [4.78, 5) is 0. The Morgan fingerprint density at radius 1 is 1.50 bits per heavy atom. The first kappa shape index (κ1) is 9.10. The van der Waals surface area contributed by atoms with Crippen molar-refractivity contribution in [3.05, 3.63) is 11.8 Å². The molecular weight excluding hydrogens is 150 g/mol. The van der Waals surface area contributed by atoms with E-state index in [2.05, 4.69) is 18.9 Å².